The van der Waals surface area contributed by atoms with Crippen LogP contribution in [0.25, 0.3) is 0 Å². The van der Waals surface area contributed by atoms with E-state index in [1.54, 1.807) is 12.1 Å². The Labute approximate surface area is 195 Å². The lowest BCUT2D eigenvalue weighted by atomic mass is 10.1. The van der Waals surface area contributed by atoms with E-state index >= 15 is 0 Å². The number of carbonyl (C=O) groups is 1. The number of aromatic hydroxyl groups is 1. The molecule has 0 saturated carbocycles. The average Bonchev–Trinajstić information content (AvgIpc) is 2.84. The summed E-state index contributed by atoms with van der Waals surface area (Å²) in [4.78, 5) is 10.6. The Morgan fingerprint density at radius 3 is 2.55 bits per heavy atom. The van der Waals surface area contributed by atoms with Gasteiger partial charge in [0.05, 0.1) is 18.4 Å². The van der Waals surface area contributed by atoms with Crippen LogP contribution < -0.4 is 15.4 Å². The van der Waals surface area contributed by atoms with Crippen molar-refractivity contribution < 1.29 is 19.7 Å². The first kappa shape index (κ1) is 24.3. The van der Waals surface area contributed by atoms with Gasteiger partial charge in [-0.3, -0.25) is 4.79 Å². The molecule has 0 heterocycles. The maximum atomic E-state index is 10.6. The largest absolute Gasteiger partial charge is 0.506 e. The standard InChI is InChI=1S/C27H32N2O4/c30-20-29-25-18-23(12-13-26(25)31)27(32)19-28-15-14-22-10-6-11-24(17-22)33-16-5-4-9-21-7-2-1-3-8-21/h1-3,6-8,10-13,17-18,20,27-28,31-32H,4-5,9,14-16,19H2,(H,29,30)/t27-/m0/s1. The van der Waals surface area contributed by atoms with E-state index in [1.807, 2.05) is 18.2 Å². The molecule has 0 fully saturated rings. The van der Waals surface area contributed by atoms with Gasteiger partial charge in [-0.2, -0.15) is 0 Å². The van der Waals surface area contributed by atoms with E-state index in [-0.39, 0.29) is 11.4 Å². The summed E-state index contributed by atoms with van der Waals surface area (Å²) in [5.74, 6) is 0.843. The average molecular weight is 449 g/mol. The molecule has 0 aliphatic rings. The van der Waals surface area contributed by atoms with Crippen LogP contribution in [0.15, 0.2) is 72.8 Å². The fourth-order valence-corrected chi connectivity index (χ4v) is 3.59. The first-order chi connectivity index (χ1) is 16.2. The summed E-state index contributed by atoms with van der Waals surface area (Å²) in [5.41, 5.74) is 3.42. The number of amides is 1. The molecular formula is C27H32N2O4. The molecule has 0 spiro atoms. The second-order valence-corrected chi connectivity index (χ2v) is 7.95. The molecule has 1 atom stereocenters. The van der Waals surface area contributed by atoms with Crippen molar-refractivity contribution in [2.75, 3.05) is 25.0 Å². The van der Waals surface area contributed by atoms with E-state index in [4.69, 9.17) is 4.74 Å². The molecule has 3 aromatic carbocycles. The van der Waals surface area contributed by atoms with Crippen molar-refractivity contribution in [2.24, 2.45) is 0 Å². The Balaban J connectivity index is 1.35. The van der Waals surface area contributed by atoms with Crippen molar-refractivity contribution in [1.29, 1.82) is 0 Å². The fraction of sp³-hybridized carbons (Fsp3) is 0.296. The molecule has 0 radical (unpaired) electrons. The molecule has 3 aromatic rings. The Morgan fingerprint density at radius 2 is 1.73 bits per heavy atom. The summed E-state index contributed by atoms with van der Waals surface area (Å²) >= 11 is 0. The number of aliphatic hydroxyl groups is 1. The van der Waals surface area contributed by atoms with Gasteiger partial charge < -0.3 is 25.6 Å². The van der Waals surface area contributed by atoms with Gasteiger partial charge in [0.2, 0.25) is 6.41 Å². The lowest BCUT2D eigenvalue weighted by Gasteiger charge is -2.14. The SMILES string of the molecule is O=CNc1cc([C@@H](O)CNCCc2cccc(OCCCCc3ccccc3)c2)ccc1O. The maximum Gasteiger partial charge on any atom is 0.211 e. The lowest BCUT2D eigenvalue weighted by molar-refractivity contribution is -0.105. The minimum absolute atomic E-state index is 0.0377. The zero-order chi connectivity index (χ0) is 23.3. The van der Waals surface area contributed by atoms with Crippen molar-refractivity contribution in [2.45, 2.75) is 31.8 Å². The van der Waals surface area contributed by atoms with Crippen LogP contribution >= 0.6 is 0 Å². The minimum Gasteiger partial charge on any atom is -0.506 e. The van der Waals surface area contributed by atoms with E-state index in [1.165, 1.54) is 17.2 Å². The van der Waals surface area contributed by atoms with Gasteiger partial charge in [-0.1, -0.05) is 48.5 Å². The topological polar surface area (TPSA) is 90.8 Å². The van der Waals surface area contributed by atoms with E-state index < -0.39 is 6.10 Å². The molecule has 6 nitrogen and oxygen atoms in total. The molecule has 4 N–H and O–H groups in total. The highest BCUT2D eigenvalue weighted by molar-refractivity contribution is 5.75. The molecule has 0 aromatic heterocycles. The van der Waals surface area contributed by atoms with Crippen LogP contribution in [-0.4, -0.2) is 36.3 Å². The number of aliphatic hydroxyl groups excluding tert-OH is 1. The Bertz CT molecular complexity index is 994. The number of hydrogen-bond acceptors (Lipinski definition) is 5. The Morgan fingerprint density at radius 1 is 0.909 bits per heavy atom. The molecule has 0 unspecified atom stereocenters. The van der Waals surface area contributed by atoms with Crippen molar-refractivity contribution in [3.63, 3.8) is 0 Å². The highest BCUT2D eigenvalue weighted by atomic mass is 16.5. The molecule has 0 aliphatic heterocycles. The monoisotopic (exact) mass is 448 g/mol. The van der Waals surface area contributed by atoms with Crippen LogP contribution in [-0.2, 0) is 17.6 Å². The molecular weight excluding hydrogens is 416 g/mol. The van der Waals surface area contributed by atoms with Gasteiger partial charge in [-0.05, 0) is 73.2 Å². The summed E-state index contributed by atoms with van der Waals surface area (Å²) in [7, 11) is 0. The van der Waals surface area contributed by atoms with Gasteiger partial charge in [0.15, 0.2) is 0 Å². The van der Waals surface area contributed by atoms with Crippen LogP contribution in [0, 0.1) is 0 Å². The predicted molar refractivity (Wildman–Crippen MR) is 131 cm³/mol. The maximum absolute atomic E-state index is 10.6. The van der Waals surface area contributed by atoms with Gasteiger partial charge >= 0.3 is 0 Å². The molecule has 174 valence electrons. The summed E-state index contributed by atoms with van der Waals surface area (Å²) in [6.07, 6.45) is 3.74. The fourth-order valence-electron chi connectivity index (χ4n) is 3.59. The number of aryl methyl sites for hydroxylation is 1. The number of anilines is 1. The second-order valence-electron chi connectivity index (χ2n) is 7.95. The minimum atomic E-state index is -0.747. The number of unbranched alkanes of at least 4 members (excludes halogenated alkanes) is 1. The summed E-state index contributed by atoms with van der Waals surface area (Å²) in [6, 6.07) is 23.3. The number of nitrogens with one attached hydrogen (secondary N) is 2. The molecule has 6 heteroatoms. The third kappa shape index (κ3) is 8.25. The zero-order valence-electron chi connectivity index (χ0n) is 18.7. The predicted octanol–water partition coefficient (Wildman–Crippen LogP) is 4.23. The third-order valence-corrected chi connectivity index (χ3v) is 5.42. The van der Waals surface area contributed by atoms with Crippen LogP contribution in [0.4, 0.5) is 5.69 Å². The molecule has 0 saturated heterocycles. The van der Waals surface area contributed by atoms with Crippen LogP contribution in [0.5, 0.6) is 11.5 Å². The van der Waals surface area contributed by atoms with Crippen LogP contribution in [0.1, 0.15) is 35.6 Å². The number of phenolic OH excluding ortho intramolecular Hbond substituents is 1. The quantitative estimate of drug-likeness (QED) is 0.168. The van der Waals surface area contributed by atoms with Gasteiger partial charge in [0, 0.05) is 6.54 Å². The van der Waals surface area contributed by atoms with Gasteiger partial charge in [-0.15, -0.1) is 0 Å². The van der Waals surface area contributed by atoms with Crippen molar-refractivity contribution in [3.05, 3.63) is 89.5 Å². The number of rotatable bonds is 14. The first-order valence-corrected chi connectivity index (χ1v) is 11.3. The molecule has 1 amide bonds. The number of hydrogen-bond donors (Lipinski definition) is 4. The van der Waals surface area contributed by atoms with Gasteiger partial charge in [-0.25, -0.2) is 0 Å². The van der Waals surface area contributed by atoms with Gasteiger partial charge in [0.25, 0.3) is 0 Å². The summed E-state index contributed by atoms with van der Waals surface area (Å²) in [5, 5.41) is 25.8. The second kappa shape index (κ2) is 13.3. The molecule has 33 heavy (non-hydrogen) atoms. The van der Waals surface area contributed by atoms with Crippen molar-refractivity contribution in [3.8, 4) is 11.5 Å². The number of benzene rings is 3. The Hall–Kier alpha value is -3.35. The smallest absolute Gasteiger partial charge is 0.211 e. The van der Waals surface area contributed by atoms with E-state index in [0.29, 0.717) is 31.7 Å². The lowest BCUT2D eigenvalue weighted by Crippen LogP contribution is -2.23. The van der Waals surface area contributed by atoms with Crippen molar-refractivity contribution in [1.82, 2.24) is 5.32 Å². The summed E-state index contributed by atoms with van der Waals surface area (Å²) < 4.78 is 5.92. The normalized spacial score (nSPS) is 11.7. The van der Waals surface area contributed by atoms with Gasteiger partial charge in [0.1, 0.15) is 11.5 Å². The number of carbonyl (C=O) groups excluding carboxylic acids is 1. The summed E-state index contributed by atoms with van der Waals surface area (Å²) in [6.45, 7) is 1.77. The molecule has 0 aliphatic carbocycles. The number of phenols is 1. The van der Waals surface area contributed by atoms with Crippen LogP contribution in [0.3, 0.4) is 0 Å². The highest BCUT2D eigenvalue weighted by Crippen LogP contribution is 2.26. The first-order valence-electron chi connectivity index (χ1n) is 11.3. The van der Waals surface area contributed by atoms with E-state index in [0.717, 1.165) is 31.4 Å². The Kier molecular flexibility index (Phi) is 9.76. The van der Waals surface area contributed by atoms with Crippen molar-refractivity contribution >= 4 is 12.1 Å². The third-order valence-electron chi connectivity index (χ3n) is 5.42. The van der Waals surface area contributed by atoms with E-state index in [2.05, 4.69) is 47.0 Å². The molecule has 3 rings (SSSR count). The van der Waals surface area contributed by atoms with E-state index in [9.17, 15) is 15.0 Å². The highest BCUT2D eigenvalue weighted by Gasteiger charge is 2.10. The number of ether oxygens (including phenoxy) is 1. The zero-order valence-corrected chi connectivity index (χ0v) is 18.7. The molecule has 0 bridgehead atoms. The van der Waals surface area contributed by atoms with Crippen LogP contribution in [0.2, 0.25) is 0 Å².